The van der Waals surface area contributed by atoms with E-state index in [0.29, 0.717) is 18.2 Å². The topological polar surface area (TPSA) is 55.7 Å². The van der Waals surface area contributed by atoms with Crippen LogP contribution in [0.1, 0.15) is 23.1 Å². The van der Waals surface area contributed by atoms with Crippen molar-refractivity contribution in [2.45, 2.75) is 25.8 Å². The number of phenolic OH excluding ortho intramolecular Hbond substituents is 2. The van der Waals surface area contributed by atoms with Crippen molar-refractivity contribution in [1.82, 2.24) is 10.2 Å². The molecule has 0 aliphatic carbocycles. The van der Waals surface area contributed by atoms with Crippen LogP contribution in [0.25, 0.3) is 0 Å². The van der Waals surface area contributed by atoms with Gasteiger partial charge in [0.2, 0.25) is 0 Å². The van der Waals surface area contributed by atoms with Crippen molar-refractivity contribution in [3.05, 3.63) is 58.1 Å². The third-order valence-corrected chi connectivity index (χ3v) is 5.22. The standard InChI is InChI=1S/C19H21ClN2O2S/c20-16-6-2-1-4-13(16)7-8-21-19(25)22-9-3-5-14-10-17(23)18(24)11-15(14)12-22/h1-2,4,6,10-11,23-24H,3,5,7-9,12H2,(H,21,25). The summed E-state index contributed by atoms with van der Waals surface area (Å²) in [5.41, 5.74) is 3.17. The van der Waals surface area contributed by atoms with Gasteiger partial charge in [0, 0.05) is 24.7 Å². The fourth-order valence-corrected chi connectivity index (χ4v) is 3.57. The van der Waals surface area contributed by atoms with Crippen LogP contribution in [0.15, 0.2) is 36.4 Å². The van der Waals surface area contributed by atoms with E-state index in [4.69, 9.17) is 23.8 Å². The third kappa shape index (κ3) is 4.35. The van der Waals surface area contributed by atoms with Crippen molar-refractivity contribution in [3.63, 3.8) is 0 Å². The second-order valence-corrected chi connectivity index (χ2v) is 7.00. The third-order valence-electron chi connectivity index (χ3n) is 4.45. The van der Waals surface area contributed by atoms with Crippen LogP contribution in [-0.2, 0) is 19.4 Å². The maximum atomic E-state index is 9.76. The zero-order valence-corrected chi connectivity index (χ0v) is 15.4. The van der Waals surface area contributed by atoms with E-state index in [9.17, 15) is 10.2 Å². The molecule has 0 atom stereocenters. The van der Waals surface area contributed by atoms with Crippen LogP contribution in [0, 0.1) is 0 Å². The molecule has 1 aliphatic heterocycles. The van der Waals surface area contributed by atoms with Gasteiger partial charge in [0.25, 0.3) is 0 Å². The van der Waals surface area contributed by atoms with Crippen LogP contribution in [0.5, 0.6) is 11.5 Å². The van der Waals surface area contributed by atoms with Crippen LogP contribution in [0.4, 0.5) is 0 Å². The predicted octanol–water partition coefficient (Wildman–Crippen LogP) is 3.62. The van der Waals surface area contributed by atoms with Crippen molar-refractivity contribution in [3.8, 4) is 11.5 Å². The average molecular weight is 377 g/mol. The lowest BCUT2D eigenvalue weighted by Gasteiger charge is -2.24. The molecular weight excluding hydrogens is 356 g/mol. The lowest BCUT2D eigenvalue weighted by atomic mass is 10.0. The van der Waals surface area contributed by atoms with Gasteiger partial charge in [-0.1, -0.05) is 29.8 Å². The van der Waals surface area contributed by atoms with E-state index in [-0.39, 0.29) is 11.5 Å². The van der Waals surface area contributed by atoms with Crippen molar-refractivity contribution in [2.75, 3.05) is 13.1 Å². The van der Waals surface area contributed by atoms with Crippen LogP contribution in [0.2, 0.25) is 5.02 Å². The Morgan fingerprint density at radius 3 is 2.64 bits per heavy atom. The largest absolute Gasteiger partial charge is 0.504 e. The molecule has 0 saturated carbocycles. The number of fused-ring (bicyclic) bond motifs is 1. The van der Waals surface area contributed by atoms with Gasteiger partial charge in [0.05, 0.1) is 0 Å². The second-order valence-electron chi connectivity index (χ2n) is 6.21. The van der Waals surface area contributed by atoms with Gasteiger partial charge in [-0.3, -0.25) is 0 Å². The first-order chi connectivity index (χ1) is 12.0. The fraction of sp³-hybridized carbons (Fsp3) is 0.316. The molecule has 3 N–H and O–H groups in total. The first-order valence-electron chi connectivity index (χ1n) is 8.34. The zero-order chi connectivity index (χ0) is 17.8. The maximum absolute atomic E-state index is 9.76. The number of nitrogens with zero attached hydrogens (tertiary/aromatic N) is 1. The summed E-state index contributed by atoms with van der Waals surface area (Å²) in [4.78, 5) is 2.10. The quantitative estimate of drug-likeness (QED) is 0.564. The molecule has 3 rings (SSSR count). The molecular formula is C19H21ClN2O2S. The van der Waals surface area contributed by atoms with E-state index < -0.39 is 0 Å². The Morgan fingerprint density at radius 1 is 1.16 bits per heavy atom. The molecule has 6 heteroatoms. The van der Waals surface area contributed by atoms with Gasteiger partial charge >= 0.3 is 0 Å². The summed E-state index contributed by atoms with van der Waals surface area (Å²) in [6, 6.07) is 11.1. The number of halogens is 1. The Balaban J connectivity index is 1.60. The second kappa shape index (κ2) is 7.93. The molecule has 25 heavy (non-hydrogen) atoms. The molecule has 0 amide bonds. The van der Waals surface area contributed by atoms with Gasteiger partial charge in [0.15, 0.2) is 16.6 Å². The highest BCUT2D eigenvalue weighted by Crippen LogP contribution is 2.31. The minimum atomic E-state index is -0.0850. The average Bonchev–Trinajstić information content (AvgIpc) is 2.79. The normalized spacial score (nSPS) is 13.9. The van der Waals surface area contributed by atoms with E-state index in [1.807, 2.05) is 24.3 Å². The first-order valence-corrected chi connectivity index (χ1v) is 9.13. The number of aryl methyl sites for hydroxylation is 1. The number of thiocarbonyl (C=S) groups is 1. The lowest BCUT2D eigenvalue weighted by Crippen LogP contribution is -2.40. The van der Waals surface area contributed by atoms with Crippen LogP contribution >= 0.6 is 23.8 Å². The number of nitrogens with one attached hydrogen (secondary N) is 1. The van der Waals surface area contributed by atoms with E-state index in [1.165, 1.54) is 0 Å². The molecule has 0 aromatic heterocycles. The maximum Gasteiger partial charge on any atom is 0.169 e. The summed E-state index contributed by atoms with van der Waals surface area (Å²) in [6.45, 7) is 2.18. The van der Waals surface area contributed by atoms with E-state index in [0.717, 1.165) is 47.5 Å². The minimum absolute atomic E-state index is 0.0624. The summed E-state index contributed by atoms with van der Waals surface area (Å²) in [7, 11) is 0. The monoisotopic (exact) mass is 376 g/mol. The smallest absolute Gasteiger partial charge is 0.169 e. The molecule has 2 aromatic rings. The number of rotatable bonds is 3. The highest BCUT2D eigenvalue weighted by Gasteiger charge is 2.18. The number of hydrogen-bond donors (Lipinski definition) is 3. The van der Waals surface area contributed by atoms with E-state index in [1.54, 1.807) is 12.1 Å². The Labute approximate surface area is 158 Å². The van der Waals surface area contributed by atoms with Crippen molar-refractivity contribution in [1.29, 1.82) is 0 Å². The molecule has 0 bridgehead atoms. The molecule has 1 aliphatic rings. The summed E-state index contributed by atoms with van der Waals surface area (Å²) in [6.07, 6.45) is 2.62. The first kappa shape index (κ1) is 17.8. The predicted molar refractivity (Wildman–Crippen MR) is 104 cm³/mol. The summed E-state index contributed by atoms with van der Waals surface area (Å²) >= 11 is 11.7. The molecule has 0 saturated heterocycles. The number of phenols is 2. The molecule has 0 radical (unpaired) electrons. The number of benzene rings is 2. The Bertz CT molecular complexity index is 782. The minimum Gasteiger partial charge on any atom is -0.504 e. The van der Waals surface area contributed by atoms with Crippen LogP contribution < -0.4 is 5.32 Å². The van der Waals surface area contributed by atoms with Gasteiger partial charge < -0.3 is 20.4 Å². The van der Waals surface area contributed by atoms with E-state index >= 15 is 0 Å². The summed E-state index contributed by atoms with van der Waals surface area (Å²) in [5, 5.41) is 24.2. The Morgan fingerprint density at radius 2 is 1.88 bits per heavy atom. The molecule has 132 valence electrons. The van der Waals surface area contributed by atoms with Gasteiger partial charge in [-0.25, -0.2) is 0 Å². The molecule has 0 spiro atoms. The Kier molecular flexibility index (Phi) is 5.66. The number of hydrogen-bond acceptors (Lipinski definition) is 3. The number of aromatic hydroxyl groups is 2. The SMILES string of the molecule is Oc1cc2c(cc1O)CN(C(=S)NCCc1ccccc1Cl)CCC2. The molecule has 2 aromatic carbocycles. The Hall–Kier alpha value is -1.98. The van der Waals surface area contributed by atoms with Crippen LogP contribution in [0.3, 0.4) is 0 Å². The van der Waals surface area contributed by atoms with Gasteiger partial charge in [-0.05, 0) is 66.4 Å². The molecule has 0 unspecified atom stereocenters. The van der Waals surface area contributed by atoms with E-state index in [2.05, 4.69) is 10.2 Å². The molecule has 0 fully saturated rings. The van der Waals surface area contributed by atoms with Crippen molar-refractivity contribution in [2.24, 2.45) is 0 Å². The zero-order valence-electron chi connectivity index (χ0n) is 13.8. The lowest BCUT2D eigenvalue weighted by molar-refractivity contribution is 0.397. The molecule has 4 nitrogen and oxygen atoms in total. The van der Waals surface area contributed by atoms with Gasteiger partial charge in [-0.2, -0.15) is 0 Å². The highest BCUT2D eigenvalue weighted by molar-refractivity contribution is 7.80. The highest BCUT2D eigenvalue weighted by atomic mass is 35.5. The van der Waals surface area contributed by atoms with Crippen LogP contribution in [-0.4, -0.2) is 33.3 Å². The summed E-state index contributed by atoms with van der Waals surface area (Å²) < 4.78 is 0. The van der Waals surface area contributed by atoms with Gasteiger partial charge in [-0.15, -0.1) is 0 Å². The van der Waals surface area contributed by atoms with Gasteiger partial charge in [0.1, 0.15) is 0 Å². The molecule has 1 heterocycles. The summed E-state index contributed by atoms with van der Waals surface area (Å²) in [5.74, 6) is -0.147. The fourth-order valence-electron chi connectivity index (χ4n) is 3.08. The van der Waals surface area contributed by atoms with Crippen molar-refractivity contribution < 1.29 is 10.2 Å². The van der Waals surface area contributed by atoms with Crippen molar-refractivity contribution >= 4 is 28.9 Å².